The zero-order valence-corrected chi connectivity index (χ0v) is 31.3. The molecule has 1 unspecified atom stereocenters. The monoisotopic (exact) mass is 695 g/mol. The Bertz CT molecular complexity index is 2410. The van der Waals surface area contributed by atoms with Crippen LogP contribution in [-0.2, 0) is 5.41 Å². The van der Waals surface area contributed by atoms with Gasteiger partial charge in [-0.2, -0.15) is 0 Å². The maximum absolute atomic E-state index is 2.45. The largest absolute Gasteiger partial charge is 0.310 e. The summed E-state index contributed by atoms with van der Waals surface area (Å²) in [5, 5.41) is 1.49. The fraction of sp³-hybridized carbons (Fsp3) is 0.0588. The summed E-state index contributed by atoms with van der Waals surface area (Å²) in [6.45, 7) is 4.81. The van der Waals surface area contributed by atoms with Gasteiger partial charge < -0.3 is 4.90 Å². The highest BCUT2D eigenvalue weighted by molar-refractivity contribution is 6.70. The number of hydrogen-bond acceptors (Lipinski definition) is 1. The second kappa shape index (κ2) is 13.7. The lowest BCUT2D eigenvalue weighted by Crippen LogP contribution is -2.30. The summed E-state index contributed by atoms with van der Waals surface area (Å²) in [5.41, 5.74) is 15.5. The second-order valence-electron chi connectivity index (χ2n) is 14.3. The van der Waals surface area contributed by atoms with Crippen molar-refractivity contribution >= 4 is 31.0 Å². The number of hydrogen-bond donors (Lipinski definition) is 0. The summed E-state index contributed by atoms with van der Waals surface area (Å²) in [5.74, 6) is 0. The first-order valence-electron chi connectivity index (χ1n) is 18.6. The van der Waals surface area contributed by atoms with Crippen LogP contribution in [0.15, 0.2) is 206 Å². The highest BCUT2D eigenvalue weighted by Gasteiger charge is 2.47. The highest BCUT2D eigenvalue weighted by Crippen LogP contribution is 2.59. The van der Waals surface area contributed by atoms with E-state index in [-0.39, 0.29) is 0 Å². The lowest BCUT2D eigenvalue weighted by Gasteiger charge is -2.34. The zero-order valence-electron chi connectivity index (χ0n) is 30.2. The minimum Gasteiger partial charge on any atom is -0.310 e. The van der Waals surface area contributed by atoms with Gasteiger partial charge in [0.2, 0.25) is 0 Å². The molecular formula is C51H41NSi. The Kier molecular flexibility index (Phi) is 8.46. The van der Waals surface area contributed by atoms with Gasteiger partial charge in [0, 0.05) is 16.9 Å². The molecule has 2 heteroatoms. The van der Waals surface area contributed by atoms with E-state index in [0.29, 0.717) is 0 Å². The number of anilines is 3. The summed E-state index contributed by atoms with van der Waals surface area (Å²) in [7, 11) is -0.961. The SMILES string of the molecule is C[SiH](C)c1ccc(C2(c3ccccc3)c3ccccc3-c3c(N(c4ccc(-c5ccccc5)cc4)c4ccc(-c5ccccc5)cc4)cccc32)cc1. The van der Waals surface area contributed by atoms with Gasteiger partial charge in [-0.1, -0.05) is 194 Å². The van der Waals surface area contributed by atoms with E-state index >= 15 is 0 Å². The molecule has 8 aromatic rings. The topological polar surface area (TPSA) is 3.24 Å². The maximum Gasteiger partial charge on any atom is 0.0714 e. The lowest BCUT2D eigenvalue weighted by atomic mass is 9.67. The average Bonchev–Trinajstić information content (AvgIpc) is 3.54. The molecule has 0 saturated heterocycles. The first-order chi connectivity index (χ1) is 26.1. The Morgan fingerprint density at radius 1 is 0.377 bits per heavy atom. The third-order valence-electron chi connectivity index (χ3n) is 11.0. The third-order valence-corrected chi connectivity index (χ3v) is 12.7. The van der Waals surface area contributed by atoms with Crippen LogP contribution in [-0.4, -0.2) is 8.80 Å². The van der Waals surface area contributed by atoms with Crippen molar-refractivity contribution in [1.82, 2.24) is 0 Å². The van der Waals surface area contributed by atoms with Crippen molar-refractivity contribution in [2.24, 2.45) is 0 Å². The molecule has 0 heterocycles. The summed E-state index contributed by atoms with van der Waals surface area (Å²) in [6, 6.07) is 76.1. The molecule has 1 atom stereocenters. The molecule has 0 N–H and O–H groups in total. The first-order valence-corrected chi connectivity index (χ1v) is 21.5. The number of benzene rings is 8. The van der Waals surface area contributed by atoms with Crippen LogP contribution >= 0.6 is 0 Å². The Morgan fingerprint density at radius 3 is 1.38 bits per heavy atom. The van der Waals surface area contributed by atoms with E-state index in [0.717, 1.165) is 11.4 Å². The minimum atomic E-state index is -0.961. The molecule has 8 aromatic carbocycles. The van der Waals surface area contributed by atoms with Gasteiger partial charge in [0.1, 0.15) is 0 Å². The molecule has 0 spiro atoms. The van der Waals surface area contributed by atoms with E-state index in [1.54, 1.807) is 0 Å². The van der Waals surface area contributed by atoms with Crippen molar-refractivity contribution in [2.75, 3.05) is 4.90 Å². The highest BCUT2D eigenvalue weighted by atomic mass is 28.3. The molecule has 0 fully saturated rings. The lowest BCUT2D eigenvalue weighted by molar-refractivity contribution is 0.769. The molecule has 0 bridgehead atoms. The van der Waals surface area contributed by atoms with Gasteiger partial charge in [0.25, 0.3) is 0 Å². The summed E-state index contributed by atoms with van der Waals surface area (Å²) in [6.07, 6.45) is 0. The smallest absolute Gasteiger partial charge is 0.0714 e. The van der Waals surface area contributed by atoms with Crippen molar-refractivity contribution in [3.8, 4) is 33.4 Å². The normalized spacial score (nSPS) is 14.5. The molecular weight excluding hydrogens is 655 g/mol. The predicted octanol–water partition coefficient (Wildman–Crippen LogP) is 12.5. The maximum atomic E-state index is 2.45. The number of fused-ring (bicyclic) bond motifs is 3. The molecule has 0 amide bonds. The predicted molar refractivity (Wildman–Crippen MR) is 228 cm³/mol. The van der Waals surface area contributed by atoms with Crippen LogP contribution < -0.4 is 10.1 Å². The summed E-state index contributed by atoms with van der Waals surface area (Å²) in [4.78, 5) is 2.45. The van der Waals surface area contributed by atoms with Gasteiger partial charge in [-0.3, -0.25) is 0 Å². The van der Waals surface area contributed by atoms with Crippen molar-refractivity contribution in [3.05, 3.63) is 229 Å². The molecule has 53 heavy (non-hydrogen) atoms. The van der Waals surface area contributed by atoms with Crippen LogP contribution in [0.25, 0.3) is 33.4 Å². The molecule has 0 aromatic heterocycles. The van der Waals surface area contributed by atoms with Crippen LogP contribution in [0, 0.1) is 0 Å². The van der Waals surface area contributed by atoms with Crippen LogP contribution in [0.3, 0.4) is 0 Å². The molecule has 0 aliphatic heterocycles. The quantitative estimate of drug-likeness (QED) is 0.143. The number of rotatable bonds is 8. The Balaban J connectivity index is 1.29. The van der Waals surface area contributed by atoms with Crippen molar-refractivity contribution < 1.29 is 0 Å². The fourth-order valence-electron chi connectivity index (χ4n) is 8.38. The van der Waals surface area contributed by atoms with Crippen LogP contribution in [0.2, 0.25) is 13.1 Å². The molecule has 1 aliphatic rings. The van der Waals surface area contributed by atoms with Crippen LogP contribution in [0.4, 0.5) is 17.1 Å². The van der Waals surface area contributed by atoms with Crippen LogP contribution in [0.5, 0.6) is 0 Å². The van der Waals surface area contributed by atoms with E-state index in [1.165, 1.54) is 66.5 Å². The van der Waals surface area contributed by atoms with Gasteiger partial charge in [0.05, 0.1) is 19.9 Å². The number of nitrogens with zero attached hydrogens (tertiary/aromatic N) is 1. The van der Waals surface area contributed by atoms with Gasteiger partial charge in [0.15, 0.2) is 0 Å². The van der Waals surface area contributed by atoms with E-state index in [2.05, 4.69) is 224 Å². The minimum absolute atomic E-state index is 0.472. The van der Waals surface area contributed by atoms with Crippen molar-refractivity contribution in [3.63, 3.8) is 0 Å². The first kappa shape index (κ1) is 32.7. The van der Waals surface area contributed by atoms with Gasteiger partial charge in [-0.05, 0) is 80.4 Å². The molecule has 9 rings (SSSR count). The van der Waals surface area contributed by atoms with Gasteiger partial charge in [-0.25, -0.2) is 0 Å². The molecule has 1 aliphatic carbocycles. The Labute approximate surface area is 315 Å². The van der Waals surface area contributed by atoms with Crippen molar-refractivity contribution in [2.45, 2.75) is 18.5 Å². The van der Waals surface area contributed by atoms with E-state index < -0.39 is 14.2 Å². The third kappa shape index (κ3) is 5.63. The van der Waals surface area contributed by atoms with Gasteiger partial charge in [-0.15, -0.1) is 0 Å². The van der Waals surface area contributed by atoms with E-state index in [4.69, 9.17) is 0 Å². The summed E-state index contributed by atoms with van der Waals surface area (Å²) >= 11 is 0. The fourth-order valence-corrected chi connectivity index (χ4v) is 9.35. The van der Waals surface area contributed by atoms with Gasteiger partial charge >= 0.3 is 0 Å². The van der Waals surface area contributed by atoms with Crippen molar-refractivity contribution in [1.29, 1.82) is 0 Å². The Hall–Kier alpha value is -6.22. The van der Waals surface area contributed by atoms with E-state index in [9.17, 15) is 0 Å². The Morgan fingerprint density at radius 2 is 0.830 bits per heavy atom. The standard InChI is InChI=1S/C51H41NSi/c1-53(2)45-35-29-42(30-36-45)51(41-19-10-5-11-20-41)47-22-13-12-21-46(47)50-48(51)23-14-24-49(50)52(43-31-25-39(26-32-43)37-15-6-3-7-16-37)44-33-27-40(28-34-44)38-17-8-4-9-18-38/h3-36,53H,1-2H3. The average molecular weight is 696 g/mol. The molecule has 0 radical (unpaired) electrons. The van der Waals surface area contributed by atoms with Crippen LogP contribution in [0.1, 0.15) is 22.3 Å². The molecule has 254 valence electrons. The summed E-state index contributed by atoms with van der Waals surface area (Å²) < 4.78 is 0. The molecule has 1 nitrogen and oxygen atoms in total. The molecule has 0 saturated carbocycles. The zero-order chi connectivity index (χ0) is 35.8. The second-order valence-corrected chi connectivity index (χ2v) is 17.3. The van der Waals surface area contributed by atoms with E-state index in [1.807, 2.05) is 0 Å².